The molecule has 1 aliphatic carbocycles. The minimum atomic E-state index is -0.0428. The lowest BCUT2D eigenvalue weighted by atomic mass is 10.1. The highest BCUT2D eigenvalue weighted by atomic mass is 32.2. The molecule has 0 bridgehead atoms. The summed E-state index contributed by atoms with van der Waals surface area (Å²) < 4.78 is 0. The zero-order chi connectivity index (χ0) is 17.8. The fraction of sp³-hybridized carbons (Fsp3) is 0.400. The lowest BCUT2D eigenvalue weighted by molar-refractivity contribution is -0.113. The molecule has 2 aromatic rings. The van der Waals surface area contributed by atoms with Crippen LogP contribution < -0.4 is 5.32 Å². The molecule has 3 nitrogen and oxygen atoms in total. The number of fused-ring (bicyclic) bond motifs is 1. The molecule has 0 saturated heterocycles. The van der Waals surface area contributed by atoms with E-state index in [-0.39, 0.29) is 5.91 Å². The maximum absolute atomic E-state index is 12.4. The topological polar surface area (TPSA) is 52.9 Å². The zero-order valence-corrected chi connectivity index (χ0v) is 16.3. The molecule has 1 aromatic carbocycles. The number of rotatable bonds is 4. The highest BCUT2D eigenvalue weighted by molar-refractivity contribution is 8.00. The van der Waals surface area contributed by atoms with Crippen LogP contribution in [0, 0.1) is 25.2 Å². The van der Waals surface area contributed by atoms with E-state index in [4.69, 9.17) is 0 Å². The molecule has 0 fully saturated rings. The third-order valence-electron chi connectivity index (χ3n) is 4.49. The summed E-state index contributed by atoms with van der Waals surface area (Å²) >= 11 is 3.14. The number of nitrogens with zero attached hydrogens (tertiary/aromatic N) is 1. The van der Waals surface area contributed by atoms with Crippen LogP contribution in [0.25, 0.3) is 0 Å². The molecule has 0 aliphatic heterocycles. The highest BCUT2D eigenvalue weighted by Crippen LogP contribution is 2.37. The van der Waals surface area contributed by atoms with Gasteiger partial charge in [-0.3, -0.25) is 4.79 Å². The third kappa shape index (κ3) is 4.26. The molecule has 0 spiro atoms. The van der Waals surface area contributed by atoms with Gasteiger partial charge in [-0.1, -0.05) is 24.1 Å². The fourth-order valence-electron chi connectivity index (χ4n) is 3.12. The fourth-order valence-corrected chi connectivity index (χ4v) is 5.30. The average molecular weight is 371 g/mol. The number of aryl methyl sites for hydroxylation is 3. The summed E-state index contributed by atoms with van der Waals surface area (Å²) in [5.74, 6) is 0.316. The molecule has 1 amide bonds. The molecule has 5 heteroatoms. The van der Waals surface area contributed by atoms with Crippen molar-refractivity contribution in [2.45, 2.75) is 50.8 Å². The van der Waals surface area contributed by atoms with Crippen LogP contribution in [0.5, 0.6) is 0 Å². The molecule has 1 heterocycles. The molecule has 0 radical (unpaired) electrons. The van der Waals surface area contributed by atoms with E-state index >= 15 is 0 Å². The summed E-state index contributed by atoms with van der Waals surface area (Å²) in [6.45, 7) is 4.12. The number of anilines is 1. The van der Waals surface area contributed by atoms with E-state index < -0.39 is 0 Å². The lowest BCUT2D eigenvalue weighted by Gasteiger charge is -2.07. The van der Waals surface area contributed by atoms with Crippen molar-refractivity contribution in [3.05, 3.63) is 45.3 Å². The van der Waals surface area contributed by atoms with Gasteiger partial charge in [-0.2, -0.15) is 5.26 Å². The number of thioether (sulfide) groups is 1. The molecule has 1 aliphatic rings. The van der Waals surface area contributed by atoms with Gasteiger partial charge < -0.3 is 5.32 Å². The van der Waals surface area contributed by atoms with Crippen LogP contribution in [0.1, 0.15) is 46.4 Å². The van der Waals surface area contributed by atoms with Crippen LogP contribution >= 0.6 is 23.1 Å². The molecule has 25 heavy (non-hydrogen) atoms. The van der Waals surface area contributed by atoms with Crippen LogP contribution in [0.4, 0.5) is 5.00 Å². The van der Waals surface area contributed by atoms with E-state index in [1.165, 1.54) is 34.4 Å². The standard InChI is InChI=1S/C20H22N2OS2/c1-13-8-9-14(2)18(10-13)24-12-19(23)22-20-16(11-21)15-6-4-3-5-7-17(15)25-20/h8-10H,3-7,12H2,1-2H3,(H,22,23). The van der Waals surface area contributed by atoms with Crippen molar-refractivity contribution < 1.29 is 4.79 Å². The van der Waals surface area contributed by atoms with Gasteiger partial charge >= 0.3 is 0 Å². The van der Waals surface area contributed by atoms with Crippen molar-refractivity contribution in [2.24, 2.45) is 0 Å². The molecule has 0 unspecified atom stereocenters. The molecule has 0 saturated carbocycles. The smallest absolute Gasteiger partial charge is 0.235 e. The largest absolute Gasteiger partial charge is 0.316 e. The van der Waals surface area contributed by atoms with Crippen LogP contribution in [-0.4, -0.2) is 11.7 Å². The third-order valence-corrected chi connectivity index (χ3v) is 6.85. The second-order valence-electron chi connectivity index (χ2n) is 6.49. The SMILES string of the molecule is Cc1ccc(C)c(SCC(=O)Nc2sc3c(c2C#N)CCCCC3)c1. The monoisotopic (exact) mass is 370 g/mol. The first-order valence-corrected chi connectivity index (χ1v) is 10.4. The van der Waals surface area contributed by atoms with Crippen LogP contribution in [0.2, 0.25) is 0 Å². The summed E-state index contributed by atoms with van der Waals surface area (Å²) in [7, 11) is 0. The normalized spacial score (nSPS) is 13.6. The first kappa shape index (κ1) is 18.0. The Labute approximate surface area is 157 Å². The quantitative estimate of drug-likeness (QED) is 0.592. The molecule has 1 N–H and O–H groups in total. The zero-order valence-electron chi connectivity index (χ0n) is 14.6. The van der Waals surface area contributed by atoms with Gasteiger partial charge in [0, 0.05) is 9.77 Å². The van der Waals surface area contributed by atoms with Gasteiger partial charge in [-0.25, -0.2) is 0 Å². The highest BCUT2D eigenvalue weighted by Gasteiger charge is 2.21. The Kier molecular flexibility index (Phi) is 5.82. The lowest BCUT2D eigenvalue weighted by Crippen LogP contribution is -2.14. The van der Waals surface area contributed by atoms with E-state index in [9.17, 15) is 10.1 Å². The number of nitriles is 1. The van der Waals surface area contributed by atoms with Gasteiger partial charge in [-0.05, 0) is 56.7 Å². The van der Waals surface area contributed by atoms with Gasteiger partial charge in [0.25, 0.3) is 0 Å². The molecule has 130 valence electrons. The van der Waals surface area contributed by atoms with Crippen molar-refractivity contribution in [1.82, 2.24) is 0 Å². The summed E-state index contributed by atoms with van der Waals surface area (Å²) in [6.07, 6.45) is 5.52. The number of hydrogen-bond donors (Lipinski definition) is 1. The van der Waals surface area contributed by atoms with E-state index in [0.29, 0.717) is 11.3 Å². The van der Waals surface area contributed by atoms with Gasteiger partial charge in [-0.15, -0.1) is 23.1 Å². The first-order chi connectivity index (χ1) is 12.1. The van der Waals surface area contributed by atoms with Crippen LogP contribution in [0.15, 0.2) is 23.1 Å². The van der Waals surface area contributed by atoms with Gasteiger partial charge in [0.15, 0.2) is 0 Å². The molecule has 1 aromatic heterocycles. The van der Waals surface area contributed by atoms with Gasteiger partial charge in [0.2, 0.25) is 5.91 Å². The van der Waals surface area contributed by atoms with Crippen molar-refractivity contribution in [3.8, 4) is 6.07 Å². The Morgan fingerprint density at radius 2 is 2.08 bits per heavy atom. The molecule has 0 atom stereocenters. The summed E-state index contributed by atoms with van der Waals surface area (Å²) in [4.78, 5) is 14.8. The summed E-state index contributed by atoms with van der Waals surface area (Å²) in [6, 6.07) is 8.59. The number of benzene rings is 1. The minimum Gasteiger partial charge on any atom is -0.316 e. The Balaban J connectivity index is 1.69. The maximum Gasteiger partial charge on any atom is 0.235 e. The molecular formula is C20H22N2OS2. The van der Waals surface area contributed by atoms with E-state index in [1.807, 2.05) is 0 Å². The molecular weight excluding hydrogens is 348 g/mol. The summed E-state index contributed by atoms with van der Waals surface area (Å²) in [5, 5.41) is 13.3. The van der Waals surface area contributed by atoms with Crippen LogP contribution in [-0.2, 0) is 17.6 Å². The number of nitrogens with one attached hydrogen (secondary N) is 1. The average Bonchev–Trinajstić information content (AvgIpc) is 2.75. The summed E-state index contributed by atoms with van der Waals surface area (Å²) in [5.41, 5.74) is 4.24. The minimum absolute atomic E-state index is 0.0428. The Hall–Kier alpha value is -1.77. The van der Waals surface area contributed by atoms with Gasteiger partial charge in [0.05, 0.1) is 11.3 Å². The van der Waals surface area contributed by atoms with E-state index in [2.05, 4.69) is 43.4 Å². The van der Waals surface area contributed by atoms with E-state index in [1.54, 1.807) is 23.1 Å². The first-order valence-electron chi connectivity index (χ1n) is 8.63. The Morgan fingerprint density at radius 1 is 1.28 bits per heavy atom. The Morgan fingerprint density at radius 3 is 2.88 bits per heavy atom. The maximum atomic E-state index is 12.4. The number of hydrogen-bond acceptors (Lipinski definition) is 4. The van der Waals surface area contributed by atoms with Crippen LogP contribution in [0.3, 0.4) is 0 Å². The van der Waals surface area contributed by atoms with Crippen molar-refractivity contribution in [2.75, 3.05) is 11.1 Å². The van der Waals surface area contributed by atoms with E-state index in [0.717, 1.165) is 29.2 Å². The number of carbonyl (C=O) groups excluding carboxylic acids is 1. The van der Waals surface area contributed by atoms with Gasteiger partial charge in [0.1, 0.15) is 11.1 Å². The van der Waals surface area contributed by atoms with Crippen molar-refractivity contribution in [3.63, 3.8) is 0 Å². The predicted octanol–water partition coefficient (Wildman–Crippen LogP) is 5.24. The second-order valence-corrected chi connectivity index (χ2v) is 8.61. The molecule has 3 rings (SSSR count). The Bertz CT molecular complexity index is 833. The second kappa shape index (κ2) is 8.07. The van der Waals surface area contributed by atoms with Crippen molar-refractivity contribution >= 4 is 34.0 Å². The van der Waals surface area contributed by atoms with Crippen molar-refractivity contribution in [1.29, 1.82) is 5.26 Å². The number of thiophene rings is 1. The number of amides is 1. The number of carbonyl (C=O) groups is 1. The predicted molar refractivity (Wildman–Crippen MR) is 106 cm³/mol.